The summed E-state index contributed by atoms with van der Waals surface area (Å²) in [6.07, 6.45) is 67.1. The first-order chi connectivity index (χ1) is 38.9. The van der Waals surface area contributed by atoms with Crippen LogP contribution in [0.4, 0.5) is 0 Å². The number of unbranched alkanes of at least 4 members (excludes halogenated alkanes) is 33. The van der Waals surface area contributed by atoms with Crippen LogP contribution < -0.4 is 0 Å². The molecule has 0 aromatic heterocycles. The maximum absolute atomic E-state index is 12.6. The molecule has 0 N–H and O–H groups in total. The van der Waals surface area contributed by atoms with Crippen molar-refractivity contribution in [3.05, 3.63) is 86.0 Å². The summed E-state index contributed by atoms with van der Waals surface area (Å²) in [5, 5.41) is 2.86. The molecule has 2 aromatic carbocycles. The topological polar surface area (TPSA) is 25.3 Å². The molecular weight excluding hydrogens is 1000 g/mol. The van der Waals surface area contributed by atoms with E-state index in [0.29, 0.717) is 0 Å². The second kappa shape index (κ2) is 51.6. The van der Waals surface area contributed by atoms with Crippen LogP contribution >= 0.6 is 0 Å². The monoisotopic (exact) mass is 1130 g/mol. The van der Waals surface area contributed by atoms with Gasteiger partial charge in [-0.3, -0.25) is 0 Å². The fourth-order valence-corrected chi connectivity index (χ4v) is 13.4. The van der Waals surface area contributed by atoms with Gasteiger partial charge >= 0.3 is 142 Å². The Bertz CT molecular complexity index is 1750. The Kier molecular flexibility index (Phi) is 47.8. The quantitative estimate of drug-likeness (QED) is 0.0358. The van der Waals surface area contributed by atoms with Crippen molar-refractivity contribution in [2.75, 3.05) is 0 Å². The molecule has 0 unspecified atom stereocenters. The minimum Gasteiger partial charge on any atom is -0.493 e. The standard InChI is InChI=1S/C56H92N2.2C10H21.Ni/c1-8-15-22-28-35-46-41-51(42-47(36-29-23-16-9-2)53(46)39-32-26-19-12-5)55-45-50(34-21-14-7)56(58(55)57)52-43-48(37-30-24-17-10-3)54(40-33-27-20-13-6)49(44-52)38-31-25-18-11-4;2*1-3-5-7-9-10-8-6-4-2;/h41-45H,8-40H2,1-7H3;2*1,3-10H2,2H3;. The third-order valence-corrected chi connectivity index (χ3v) is 18.6. The van der Waals surface area contributed by atoms with Crippen molar-refractivity contribution in [1.82, 2.24) is 0 Å². The second-order valence-corrected chi connectivity index (χ2v) is 26.1. The minimum atomic E-state index is 1.00. The van der Waals surface area contributed by atoms with E-state index in [-0.39, 0.29) is 0 Å². The second-order valence-electron chi connectivity index (χ2n) is 24.7. The van der Waals surface area contributed by atoms with Crippen LogP contribution in [0.3, 0.4) is 0 Å². The van der Waals surface area contributed by atoms with Crippen LogP contribution in [0.15, 0.2) is 35.9 Å². The molecule has 0 bridgehead atoms. The van der Waals surface area contributed by atoms with E-state index >= 15 is 0 Å². The van der Waals surface area contributed by atoms with Crippen LogP contribution in [0.2, 0.25) is 10.8 Å². The molecule has 2 aromatic rings. The molecular formula is C76H134N2Ni. The number of hydrogen-bond acceptors (Lipinski definition) is 0. The average molecular weight is 1130 g/mol. The Balaban J connectivity index is 0.000000854. The average Bonchev–Trinajstić information content (AvgIpc) is 4.00. The van der Waals surface area contributed by atoms with Crippen LogP contribution in [-0.4, -0.2) is 4.70 Å². The van der Waals surface area contributed by atoms with E-state index in [1.807, 2.05) is 14.4 Å². The molecule has 1 aliphatic heterocycles. The maximum Gasteiger partial charge on any atom is 0.210 e. The van der Waals surface area contributed by atoms with Crippen LogP contribution in [0, 0.1) is 0 Å². The first-order valence-electron chi connectivity index (χ1n) is 35.6. The van der Waals surface area contributed by atoms with Crippen LogP contribution in [0.1, 0.15) is 383 Å². The fraction of sp³-hybridized carbons (Fsp3) is 0.789. The molecule has 79 heavy (non-hydrogen) atoms. The predicted molar refractivity (Wildman–Crippen MR) is 353 cm³/mol. The number of aryl methyl sites for hydroxylation is 4. The molecule has 3 rings (SSSR count). The zero-order valence-corrected chi connectivity index (χ0v) is 55.6. The number of benzene rings is 2. The van der Waals surface area contributed by atoms with Gasteiger partial charge in [-0.25, -0.2) is 4.70 Å². The Labute approximate surface area is 501 Å². The molecule has 0 amide bonds. The largest absolute Gasteiger partial charge is 0.493 e. The zero-order valence-electron chi connectivity index (χ0n) is 54.7. The normalized spacial score (nSPS) is 12.6. The van der Waals surface area contributed by atoms with Crippen molar-refractivity contribution < 1.29 is 19.1 Å². The van der Waals surface area contributed by atoms with Crippen molar-refractivity contribution in [2.24, 2.45) is 0 Å². The van der Waals surface area contributed by atoms with Crippen LogP contribution in [-0.2, 0) is 53.0 Å². The molecule has 0 saturated carbocycles. The zero-order chi connectivity index (χ0) is 57.2. The SMILES string of the molecule is CCCCCCCCC[CH2][Ni][CH2]CCCCCCCCC.CCCCCCc1cc(C2=CC(CCCC)=C(c3cc(CCCCCC)c(CCCCCC)c(CCCCCC)c3)[N+]2=[N-])cc(CCCCCC)c1CCCCCC. The van der Waals surface area contributed by atoms with Crippen molar-refractivity contribution in [1.29, 1.82) is 0 Å². The van der Waals surface area contributed by atoms with E-state index in [1.165, 1.54) is 297 Å². The summed E-state index contributed by atoms with van der Waals surface area (Å²) in [5.74, 6) is 0. The Morgan fingerprint density at radius 2 is 0.557 bits per heavy atom. The van der Waals surface area contributed by atoms with E-state index in [0.717, 1.165) is 56.3 Å². The molecule has 0 aliphatic carbocycles. The van der Waals surface area contributed by atoms with Gasteiger partial charge in [0.1, 0.15) is 0 Å². The van der Waals surface area contributed by atoms with Gasteiger partial charge in [0.25, 0.3) is 0 Å². The number of rotatable bonds is 53. The summed E-state index contributed by atoms with van der Waals surface area (Å²) in [6.45, 7) is 20.8. The minimum absolute atomic E-state index is 1.00. The fourth-order valence-electron chi connectivity index (χ4n) is 12.1. The summed E-state index contributed by atoms with van der Waals surface area (Å²) >= 11 is 2.02. The van der Waals surface area contributed by atoms with Gasteiger partial charge in [-0.15, -0.1) is 0 Å². The Morgan fingerprint density at radius 3 is 0.873 bits per heavy atom. The van der Waals surface area contributed by atoms with Crippen molar-refractivity contribution in [3.8, 4) is 0 Å². The molecule has 2 nitrogen and oxygen atoms in total. The van der Waals surface area contributed by atoms with Crippen molar-refractivity contribution >= 4 is 11.4 Å². The summed E-state index contributed by atoms with van der Waals surface area (Å²) < 4.78 is 1.65. The molecule has 0 fully saturated rings. The number of allylic oxidation sites excluding steroid dienone is 2. The first kappa shape index (κ1) is 73.1. The molecule has 0 atom stereocenters. The molecule has 1 heterocycles. The third kappa shape index (κ3) is 33.2. The summed E-state index contributed by atoms with van der Waals surface area (Å²) in [6, 6.07) is 10.1. The molecule has 0 saturated heterocycles. The molecule has 0 radical (unpaired) electrons. The van der Waals surface area contributed by atoms with Gasteiger partial charge < -0.3 is 5.53 Å². The first-order valence-corrected chi connectivity index (χ1v) is 37.0. The molecule has 0 spiro atoms. The van der Waals surface area contributed by atoms with Gasteiger partial charge in [-0.2, -0.15) is 0 Å². The Morgan fingerprint density at radius 1 is 0.291 bits per heavy atom. The summed E-state index contributed by atoms with van der Waals surface area (Å²) in [4.78, 5) is 0. The van der Waals surface area contributed by atoms with Crippen LogP contribution in [0.5, 0.6) is 0 Å². The van der Waals surface area contributed by atoms with E-state index in [1.54, 1.807) is 38.1 Å². The van der Waals surface area contributed by atoms with Crippen molar-refractivity contribution in [3.63, 3.8) is 0 Å². The number of nitrogens with zero attached hydrogens (tertiary/aromatic N) is 2. The maximum atomic E-state index is 12.6. The van der Waals surface area contributed by atoms with E-state index in [4.69, 9.17) is 0 Å². The molecule has 1 aliphatic rings. The molecule has 458 valence electrons. The van der Waals surface area contributed by atoms with E-state index < -0.39 is 0 Å². The predicted octanol–water partition coefficient (Wildman–Crippen LogP) is 26.6. The van der Waals surface area contributed by atoms with Gasteiger partial charge in [-0.05, 0) is 148 Å². The summed E-state index contributed by atoms with van der Waals surface area (Å²) in [7, 11) is 0. The van der Waals surface area contributed by atoms with Crippen molar-refractivity contribution in [2.45, 2.75) is 388 Å². The summed E-state index contributed by atoms with van der Waals surface area (Å²) in [5.41, 5.74) is 28.0. The number of hydrogen-bond donors (Lipinski definition) is 0. The van der Waals surface area contributed by atoms with Gasteiger partial charge in [0, 0.05) is 22.8 Å². The van der Waals surface area contributed by atoms with E-state index in [9.17, 15) is 5.53 Å². The van der Waals surface area contributed by atoms with Crippen LogP contribution in [0.25, 0.3) is 16.9 Å². The van der Waals surface area contributed by atoms with Gasteiger partial charge in [0.05, 0.1) is 0 Å². The van der Waals surface area contributed by atoms with Gasteiger partial charge in [0.15, 0.2) is 0 Å². The third-order valence-electron chi connectivity index (χ3n) is 17.2. The Hall–Kier alpha value is -1.99. The molecule has 3 heteroatoms. The van der Waals surface area contributed by atoms with E-state index in [2.05, 4.69) is 92.7 Å². The van der Waals surface area contributed by atoms with Gasteiger partial charge in [0.2, 0.25) is 11.4 Å². The smallest absolute Gasteiger partial charge is 0.210 e. The van der Waals surface area contributed by atoms with Gasteiger partial charge in [-0.1, -0.05) is 170 Å².